The molecule has 1 N–H and O–H groups in total. The van der Waals surface area contributed by atoms with Crippen LogP contribution in [0.3, 0.4) is 0 Å². The van der Waals surface area contributed by atoms with Gasteiger partial charge in [0.1, 0.15) is 11.6 Å². The van der Waals surface area contributed by atoms with Crippen molar-refractivity contribution in [1.82, 2.24) is 20.0 Å². The van der Waals surface area contributed by atoms with Crippen LogP contribution in [0.25, 0.3) is 10.9 Å². The molecule has 1 aliphatic heterocycles. The average Bonchev–Trinajstić information content (AvgIpc) is 3.19. The largest absolute Gasteiger partial charge is 0.361 e. The Morgan fingerprint density at radius 3 is 3.00 bits per heavy atom. The molecule has 1 saturated carbocycles. The predicted octanol–water partition coefficient (Wildman–Crippen LogP) is 3.13. The Bertz CT molecular complexity index is 973. The fraction of sp³-hybridized carbons (Fsp3) is 0.421. The molecule has 0 spiro atoms. The normalized spacial score (nSPS) is 21.2. The summed E-state index contributed by atoms with van der Waals surface area (Å²) in [6.45, 7) is 1.71. The summed E-state index contributed by atoms with van der Waals surface area (Å²) in [5.74, 6) is 2.35. The molecule has 1 atom stereocenters. The summed E-state index contributed by atoms with van der Waals surface area (Å²) in [5, 5.41) is 4.87. The number of nitrogens with zero attached hydrogens (tertiary/aromatic N) is 3. The molecule has 1 unspecified atom stereocenters. The molecule has 5 rings (SSSR count). The lowest BCUT2D eigenvalue weighted by Crippen LogP contribution is -2.26. The van der Waals surface area contributed by atoms with Crippen molar-refractivity contribution < 1.29 is 4.52 Å². The van der Waals surface area contributed by atoms with E-state index in [1.54, 1.807) is 0 Å². The van der Waals surface area contributed by atoms with E-state index in [9.17, 15) is 4.79 Å². The van der Waals surface area contributed by atoms with Gasteiger partial charge in [-0.25, -0.2) is 4.98 Å². The number of rotatable bonds is 4. The Balaban J connectivity index is 1.43. The third kappa shape index (κ3) is 2.76. The topological polar surface area (TPSA) is 75.0 Å². The number of benzene rings is 1. The van der Waals surface area contributed by atoms with Crippen molar-refractivity contribution >= 4 is 10.9 Å². The van der Waals surface area contributed by atoms with Crippen LogP contribution in [0.5, 0.6) is 0 Å². The molecule has 2 aromatic heterocycles. The summed E-state index contributed by atoms with van der Waals surface area (Å²) in [7, 11) is 0. The Morgan fingerprint density at radius 2 is 2.12 bits per heavy atom. The quantitative estimate of drug-likeness (QED) is 0.792. The molecule has 0 amide bonds. The Labute approximate surface area is 144 Å². The number of hydrogen-bond acceptors (Lipinski definition) is 5. The van der Waals surface area contributed by atoms with E-state index in [-0.39, 0.29) is 11.6 Å². The van der Waals surface area contributed by atoms with Gasteiger partial charge in [-0.1, -0.05) is 17.3 Å². The van der Waals surface area contributed by atoms with E-state index in [2.05, 4.69) is 21.1 Å². The highest BCUT2D eigenvalue weighted by Gasteiger charge is 2.31. The van der Waals surface area contributed by atoms with E-state index in [0.29, 0.717) is 11.3 Å². The van der Waals surface area contributed by atoms with Crippen LogP contribution in [-0.2, 0) is 6.54 Å². The second-order valence-corrected chi connectivity index (χ2v) is 7.09. The van der Waals surface area contributed by atoms with Gasteiger partial charge in [-0.2, -0.15) is 0 Å². The molecule has 1 aliphatic carbocycles. The van der Waals surface area contributed by atoms with Gasteiger partial charge in [-0.3, -0.25) is 9.69 Å². The van der Waals surface area contributed by atoms with Crippen LogP contribution >= 0.6 is 0 Å². The fourth-order valence-electron chi connectivity index (χ4n) is 3.76. The lowest BCUT2D eigenvalue weighted by molar-refractivity contribution is 0.232. The van der Waals surface area contributed by atoms with Crippen LogP contribution in [0.1, 0.15) is 54.9 Å². The van der Waals surface area contributed by atoms with Crippen LogP contribution in [0, 0.1) is 0 Å². The highest BCUT2D eigenvalue weighted by atomic mass is 16.5. The maximum atomic E-state index is 12.4. The van der Waals surface area contributed by atoms with Crippen molar-refractivity contribution in [1.29, 1.82) is 0 Å². The van der Waals surface area contributed by atoms with E-state index >= 15 is 0 Å². The Hall–Kier alpha value is -2.47. The van der Waals surface area contributed by atoms with Crippen molar-refractivity contribution in [3.05, 3.63) is 58.0 Å². The number of likely N-dealkylation sites (tertiary alicyclic amines) is 1. The molecule has 2 aliphatic rings. The Morgan fingerprint density at radius 1 is 1.24 bits per heavy atom. The van der Waals surface area contributed by atoms with Crippen molar-refractivity contribution in [2.45, 2.75) is 44.2 Å². The molecule has 3 heterocycles. The summed E-state index contributed by atoms with van der Waals surface area (Å²) in [6, 6.07) is 9.70. The first kappa shape index (κ1) is 14.8. The monoisotopic (exact) mass is 336 g/mol. The minimum Gasteiger partial charge on any atom is -0.361 e. The number of aromatic nitrogens is 3. The van der Waals surface area contributed by atoms with Gasteiger partial charge in [0.2, 0.25) is 0 Å². The highest BCUT2D eigenvalue weighted by molar-refractivity contribution is 5.77. The van der Waals surface area contributed by atoms with Crippen molar-refractivity contribution in [3.8, 4) is 0 Å². The maximum Gasteiger partial charge on any atom is 0.258 e. The predicted molar refractivity (Wildman–Crippen MR) is 93.2 cm³/mol. The number of H-pyrrole nitrogens is 1. The van der Waals surface area contributed by atoms with E-state index < -0.39 is 0 Å². The van der Waals surface area contributed by atoms with Gasteiger partial charge in [0.25, 0.3) is 5.56 Å². The molecule has 0 radical (unpaired) electrons. The standard InChI is InChI=1S/C19H20N4O2/c24-19-14-4-1-2-5-15(14)20-18(21-19)16-6-3-9-23(16)11-13-10-17(25-22-13)12-7-8-12/h1-2,4-5,10,12,16H,3,6-9,11H2,(H,20,21,24). The van der Waals surface area contributed by atoms with Gasteiger partial charge in [-0.05, 0) is 44.4 Å². The summed E-state index contributed by atoms with van der Waals surface area (Å²) >= 11 is 0. The van der Waals surface area contributed by atoms with E-state index in [0.717, 1.165) is 48.7 Å². The summed E-state index contributed by atoms with van der Waals surface area (Å²) in [5.41, 5.74) is 1.66. The maximum absolute atomic E-state index is 12.4. The number of fused-ring (bicyclic) bond motifs is 1. The number of aromatic amines is 1. The third-order valence-electron chi connectivity index (χ3n) is 5.23. The zero-order valence-corrected chi connectivity index (χ0v) is 13.9. The van der Waals surface area contributed by atoms with Gasteiger partial charge in [0, 0.05) is 18.5 Å². The summed E-state index contributed by atoms with van der Waals surface area (Å²) < 4.78 is 5.47. The van der Waals surface area contributed by atoms with Crippen LogP contribution in [0.4, 0.5) is 0 Å². The summed E-state index contributed by atoms with van der Waals surface area (Å²) in [4.78, 5) is 22.4. The second kappa shape index (κ2) is 5.81. The fourth-order valence-corrected chi connectivity index (χ4v) is 3.76. The zero-order valence-electron chi connectivity index (χ0n) is 13.9. The first-order valence-corrected chi connectivity index (χ1v) is 8.96. The molecule has 1 aromatic carbocycles. The summed E-state index contributed by atoms with van der Waals surface area (Å²) in [6.07, 6.45) is 4.51. The van der Waals surface area contributed by atoms with Gasteiger partial charge in [-0.15, -0.1) is 0 Å². The second-order valence-electron chi connectivity index (χ2n) is 7.09. The van der Waals surface area contributed by atoms with E-state index in [1.165, 1.54) is 12.8 Å². The SMILES string of the molecule is O=c1[nH]c(C2CCCN2Cc2cc(C3CC3)on2)nc2ccccc12. The lowest BCUT2D eigenvalue weighted by Gasteiger charge is -2.22. The first-order chi connectivity index (χ1) is 12.3. The number of para-hydroxylation sites is 1. The Kier molecular flexibility index (Phi) is 3.45. The molecule has 6 nitrogen and oxygen atoms in total. The molecular weight excluding hydrogens is 316 g/mol. The van der Waals surface area contributed by atoms with Crippen molar-refractivity contribution in [2.24, 2.45) is 0 Å². The van der Waals surface area contributed by atoms with Crippen molar-refractivity contribution in [2.75, 3.05) is 6.54 Å². The molecule has 6 heteroatoms. The van der Waals surface area contributed by atoms with Crippen LogP contribution < -0.4 is 5.56 Å². The lowest BCUT2D eigenvalue weighted by atomic mass is 10.1. The van der Waals surface area contributed by atoms with Gasteiger partial charge < -0.3 is 9.51 Å². The third-order valence-corrected chi connectivity index (χ3v) is 5.23. The van der Waals surface area contributed by atoms with Crippen molar-refractivity contribution in [3.63, 3.8) is 0 Å². The molecule has 0 bridgehead atoms. The minimum atomic E-state index is -0.0649. The van der Waals surface area contributed by atoms with E-state index in [4.69, 9.17) is 9.51 Å². The highest BCUT2D eigenvalue weighted by Crippen LogP contribution is 2.40. The molecule has 1 saturated heterocycles. The molecule has 25 heavy (non-hydrogen) atoms. The first-order valence-electron chi connectivity index (χ1n) is 8.96. The smallest absolute Gasteiger partial charge is 0.258 e. The minimum absolute atomic E-state index is 0.0649. The molecule has 3 aromatic rings. The zero-order chi connectivity index (χ0) is 16.8. The van der Waals surface area contributed by atoms with Gasteiger partial charge in [0.05, 0.1) is 22.6 Å². The van der Waals surface area contributed by atoms with Gasteiger partial charge >= 0.3 is 0 Å². The number of hydrogen-bond donors (Lipinski definition) is 1. The van der Waals surface area contributed by atoms with Gasteiger partial charge in [0.15, 0.2) is 0 Å². The van der Waals surface area contributed by atoms with Crippen LogP contribution in [0.15, 0.2) is 39.6 Å². The van der Waals surface area contributed by atoms with Crippen LogP contribution in [0.2, 0.25) is 0 Å². The average molecular weight is 336 g/mol. The van der Waals surface area contributed by atoms with E-state index in [1.807, 2.05) is 24.3 Å². The molecular formula is C19H20N4O2. The number of nitrogens with one attached hydrogen (secondary N) is 1. The molecule has 128 valence electrons. The molecule has 2 fully saturated rings. The van der Waals surface area contributed by atoms with Crippen LogP contribution in [-0.4, -0.2) is 26.6 Å².